The zero-order valence-corrected chi connectivity index (χ0v) is 19.9. The molecule has 0 aromatic heterocycles. The summed E-state index contributed by atoms with van der Waals surface area (Å²) in [5, 5.41) is 5.39. The van der Waals surface area contributed by atoms with Gasteiger partial charge in [0.2, 0.25) is 0 Å². The average Bonchev–Trinajstić information content (AvgIpc) is 3.16. The van der Waals surface area contributed by atoms with Crippen molar-refractivity contribution in [3.63, 3.8) is 0 Å². The van der Waals surface area contributed by atoms with Crippen molar-refractivity contribution in [2.45, 2.75) is 20.8 Å². The summed E-state index contributed by atoms with van der Waals surface area (Å²) in [5.74, 6) is 0. The second-order valence-corrected chi connectivity index (χ2v) is 18.3. The van der Waals surface area contributed by atoms with E-state index < -0.39 is 18.6 Å². The third-order valence-electron chi connectivity index (χ3n) is 3.74. The zero-order valence-electron chi connectivity index (χ0n) is 14.8. The quantitative estimate of drug-likeness (QED) is 0.162. The Labute approximate surface area is 164 Å². The number of halogens is 2. The number of hydrogen-bond acceptors (Lipinski definition) is 0. The van der Waals surface area contributed by atoms with Gasteiger partial charge >= 0.3 is 46.4 Å². The van der Waals surface area contributed by atoms with Gasteiger partial charge in [0, 0.05) is 0 Å². The molecule has 0 aliphatic rings. The van der Waals surface area contributed by atoms with Gasteiger partial charge < -0.3 is 0 Å². The minimum Gasteiger partial charge on any atom is -0.165 e. The number of fused-ring (bicyclic) bond motifs is 2. The molecular weight excluding hydrogens is 514 g/mol. The van der Waals surface area contributed by atoms with Crippen molar-refractivity contribution in [1.82, 2.24) is 0 Å². The van der Waals surface area contributed by atoms with Gasteiger partial charge in [0.1, 0.15) is 0 Å². The fraction of sp³-hybridized carbons (Fsp3) is 0.136. The summed E-state index contributed by atoms with van der Waals surface area (Å²) < 4.78 is 1.91. The first kappa shape index (κ1) is 20.3. The average molecular weight is 536 g/mol. The van der Waals surface area contributed by atoms with E-state index in [0.29, 0.717) is 0 Å². The van der Waals surface area contributed by atoms with Crippen LogP contribution in [0.25, 0.3) is 21.5 Å². The molecule has 0 radical (unpaired) electrons. The minimum atomic E-state index is -1.88. The Morgan fingerprint density at radius 1 is 0.760 bits per heavy atom. The molecule has 4 rings (SSSR count). The van der Waals surface area contributed by atoms with Crippen LogP contribution in [0.4, 0.5) is 0 Å². The van der Waals surface area contributed by atoms with Gasteiger partial charge in [-0.15, -0.1) is 81.2 Å². The number of aryl methyl sites for hydroxylation is 2. The molecule has 0 aliphatic heterocycles. The van der Waals surface area contributed by atoms with E-state index in [1.165, 1.54) is 32.7 Å². The molecule has 3 heteroatoms. The molecule has 0 unspecified atom stereocenters. The van der Waals surface area contributed by atoms with E-state index in [0.717, 1.165) is 0 Å². The number of benzene rings is 2. The Bertz CT molecular complexity index is 818. The summed E-state index contributed by atoms with van der Waals surface area (Å²) in [6.45, 7) is 6.15. The molecule has 0 heterocycles. The van der Waals surface area contributed by atoms with Crippen LogP contribution in [0.2, 0.25) is 0 Å². The fourth-order valence-electron chi connectivity index (χ4n) is 2.61. The minimum absolute atomic E-state index is 1.35. The normalized spacial score (nSPS) is 9.80. The smallest absolute Gasteiger partial charge is 0.0579 e. The summed E-state index contributed by atoms with van der Waals surface area (Å²) in [6, 6.07) is 25.7. The second kappa shape index (κ2) is 10.2. The van der Waals surface area contributed by atoms with Gasteiger partial charge in [-0.05, 0) is 0 Å². The predicted molar refractivity (Wildman–Crippen MR) is 112 cm³/mol. The van der Waals surface area contributed by atoms with Crippen molar-refractivity contribution in [1.29, 1.82) is 0 Å². The van der Waals surface area contributed by atoms with Crippen molar-refractivity contribution in [2.24, 2.45) is 0 Å². The molecule has 0 fully saturated rings. The van der Waals surface area contributed by atoms with Crippen LogP contribution in [0, 0.1) is 13.8 Å². The van der Waals surface area contributed by atoms with Crippen molar-refractivity contribution in [3.05, 3.63) is 83.9 Å². The molecule has 0 saturated heterocycles. The van der Waals surface area contributed by atoms with E-state index in [1.54, 1.807) is 0 Å². The van der Waals surface area contributed by atoms with Gasteiger partial charge in [-0.3, -0.25) is 0 Å². The maximum absolute atomic E-state index is 5.39. The van der Waals surface area contributed by atoms with Crippen molar-refractivity contribution in [3.8, 4) is 0 Å². The molecule has 0 aliphatic carbocycles. The van der Waals surface area contributed by atoms with Gasteiger partial charge in [0.25, 0.3) is 0 Å². The molecule has 0 spiro atoms. The molecule has 4 aromatic rings. The third kappa shape index (κ3) is 6.66. The molecule has 0 N–H and O–H groups in total. The van der Waals surface area contributed by atoms with Gasteiger partial charge in [-0.25, -0.2) is 0 Å². The number of rotatable bonds is 0. The van der Waals surface area contributed by atoms with Crippen LogP contribution in [-0.2, 0) is 18.6 Å². The largest absolute Gasteiger partial charge is 0.165 e. The fourth-order valence-corrected chi connectivity index (χ4v) is 2.61. The van der Waals surface area contributed by atoms with Crippen LogP contribution >= 0.6 is 17.2 Å². The summed E-state index contributed by atoms with van der Waals surface area (Å²) in [5.41, 5.74) is 2.70. The Hall–Kier alpha value is -1.02. The maximum atomic E-state index is 5.39. The molecule has 0 nitrogen and oxygen atoms in total. The van der Waals surface area contributed by atoms with Crippen LogP contribution in [0.15, 0.2) is 72.8 Å². The monoisotopic (exact) mass is 536 g/mol. The van der Waals surface area contributed by atoms with Gasteiger partial charge in [-0.1, -0.05) is 26.0 Å². The topological polar surface area (TPSA) is 0 Å². The molecule has 0 atom stereocenters. The molecular formula is C22H22Cl2Hf-2. The van der Waals surface area contributed by atoms with Gasteiger partial charge in [-0.2, -0.15) is 12.1 Å². The molecule has 0 bridgehead atoms. The Morgan fingerprint density at radius 3 is 1.44 bits per heavy atom. The third-order valence-corrected chi connectivity index (χ3v) is 8.88. The molecule has 130 valence electrons. The SMILES string of the molecule is C[CH]=[Hf]([Cl])[Cl].Cc1cc2ccccc2[cH-]1.Cc1cc2ccccc2[cH-]1. The summed E-state index contributed by atoms with van der Waals surface area (Å²) in [6.07, 6.45) is 0. The van der Waals surface area contributed by atoms with Gasteiger partial charge in [0.15, 0.2) is 0 Å². The Morgan fingerprint density at radius 2 is 1.12 bits per heavy atom. The van der Waals surface area contributed by atoms with E-state index >= 15 is 0 Å². The Kier molecular flexibility index (Phi) is 8.29. The molecule has 4 aromatic carbocycles. The molecule has 0 amide bonds. The van der Waals surface area contributed by atoms with Crippen LogP contribution in [0.3, 0.4) is 0 Å². The first-order valence-electron chi connectivity index (χ1n) is 8.21. The standard InChI is InChI=1S/2C10H9.C2H4.2ClH.Hf/c2*1-8-6-9-4-2-3-5-10(9)7-8;1-2;;;/h2*2-7H,1H3;1H,2H3;2*1H;/q2*-1;;;;+2/p-2. The summed E-state index contributed by atoms with van der Waals surface area (Å²) in [4.78, 5) is 0. The van der Waals surface area contributed by atoms with Crippen LogP contribution in [0.1, 0.15) is 18.1 Å². The predicted octanol–water partition coefficient (Wildman–Crippen LogP) is 7.47. The maximum Gasteiger partial charge on any atom is -0.0579 e. The van der Waals surface area contributed by atoms with E-state index in [4.69, 9.17) is 17.2 Å². The van der Waals surface area contributed by atoms with E-state index in [2.05, 4.69) is 86.6 Å². The first-order chi connectivity index (χ1) is 12.0. The first-order valence-corrected chi connectivity index (χ1v) is 19.2. The summed E-state index contributed by atoms with van der Waals surface area (Å²) >= 11 is -1.88. The second-order valence-electron chi connectivity index (χ2n) is 5.90. The van der Waals surface area contributed by atoms with Gasteiger partial charge in [0.05, 0.1) is 0 Å². The molecule has 25 heavy (non-hydrogen) atoms. The van der Waals surface area contributed by atoms with Crippen LogP contribution in [-0.4, -0.2) is 3.76 Å². The van der Waals surface area contributed by atoms with E-state index in [-0.39, 0.29) is 0 Å². The van der Waals surface area contributed by atoms with Crippen LogP contribution < -0.4 is 0 Å². The zero-order chi connectivity index (χ0) is 18.2. The van der Waals surface area contributed by atoms with Crippen molar-refractivity contribution >= 4 is 42.5 Å². The van der Waals surface area contributed by atoms with Crippen molar-refractivity contribution < 1.29 is 18.6 Å². The summed E-state index contributed by atoms with van der Waals surface area (Å²) in [7, 11) is 10.8. The van der Waals surface area contributed by atoms with E-state index in [1.807, 2.05) is 10.7 Å². The number of hydrogen-bond donors (Lipinski definition) is 0. The Balaban J connectivity index is 0.000000144. The molecule has 0 saturated carbocycles. The van der Waals surface area contributed by atoms with Crippen molar-refractivity contribution in [2.75, 3.05) is 0 Å². The van der Waals surface area contributed by atoms with Crippen LogP contribution in [0.5, 0.6) is 0 Å². The van der Waals surface area contributed by atoms with E-state index in [9.17, 15) is 0 Å².